The molecule has 0 aliphatic heterocycles. The molecule has 1 fully saturated rings. The zero-order chi connectivity index (χ0) is 11.7. The van der Waals surface area contributed by atoms with Crippen molar-refractivity contribution in [1.29, 1.82) is 0 Å². The van der Waals surface area contributed by atoms with Gasteiger partial charge in [-0.25, -0.2) is 0 Å². The molecule has 0 atom stereocenters. The number of carbonyl (C=O) groups excluding carboxylic acids is 1. The fourth-order valence-corrected chi connectivity index (χ4v) is 2.40. The molecule has 86 valence electrons. The molecule has 0 heterocycles. The maximum Gasteiger partial charge on any atom is 0.251 e. The lowest BCUT2D eigenvalue weighted by Crippen LogP contribution is -2.50. The van der Waals surface area contributed by atoms with Crippen molar-refractivity contribution in [2.75, 3.05) is 0 Å². The van der Waals surface area contributed by atoms with Crippen LogP contribution in [0.1, 0.15) is 28.8 Å². The van der Waals surface area contributed by atoms with E-state index in [4.69, 9.17) is 5.73 Å². The fourth-order valence-electron chi connectivity index (χ4n) is 1.92. The number of carbonyl (C=O) groups is 1. The predicted octanol–water partition coefficient (Wildman–Crippen LogP) is 1.98. The summed E-state index contributed by atoms with van der Waals surface area (Å²) < 4.78 is 0.993. The van der Waals surface area contributed by atoms with Crippen LogP contribution in [0.3, 0.4) is 0 Å². The average Bonchev–Trinajstić information content (AvgIpc) is 2.15. The molecule has 1 amide bonds. The molecule has 1 saturated carbocycles. The molecule has 3 N–H and O–H groups in total. The molecule has 0 unspecified atom stereocenters. The van der Waals surface area contributed by atoms with Crippen molar-refractivity contribution in [1.82, 2.24) is 5.32 Å². The molecular weight excluding hydrogens is 268 g/mol. The number of rotatable bonds is 2. The molecule has 0 radical (unpaired) electrons. The highest BCUT2D eigenvalue weighted by Crippen LogP contribution is 2.20. The van der Waals surface area contributed by atoms with E-state index in [-0.39, 0.29) is 18.0 Å². The van der Waals surface area contributed by atoms with Gasteiger partial charge in [0.1, 0.15) is 0 Å². The molecule has 1 aliphatic carbocycles. The van der Waals surface area contributed by atoms with Gasteiger partial charge in [0.25, 0.3) is 5.91 Å². The number of nitrogens with one attached hydrogen (secondary N) is 1. The first-order chi connectivity index (χ1) is 7.56. The van der Waals surface area contributed by atoms with Gasteiger partial charge in [0.15, 0.2) is 0 Å². The summed E-state index contributed by atoms with van der Waals surface area (Å²) in [6.45, 7) is 1.94. The van der Waals surface area contributed by atoms with E-state index < -0.39 is 0 Å². The van der Waals surface area contributed by atoms with Gasteiger partial charge in [-0.15, -0.1) is 0 Å². The third-order valence-corrected chi connectivity index (χ3v) is 3.44. The Kier molecular flexibility index (Phi) is 3.30. The minimum Gasteiger partial charge on any atom is -0.349 e. The van der Waals surface area contributed by atoms with E-state index in [9.17, 15) is 4.79 Å². The van der Waals surface area contributed by atoms with Crippen molar-refractivity contribution in [2.24, 2.45) is 5.73 Å². The Balaban J connectivity index is 2.03. The molecule has 0 spiro atoms. The van der Waals surface area contributed by atoms with Crippen LogP contribution in [0.15, 0.2) is 22.7 Å². The number of nitrogens with two attached hydrogens (primary N) is 1. The van der Waals surface area contributed by atoms with E-state index in [2.05, 4.69) is 21.2 Å². The van der Waals surface area contributed by atoms with Crippen LogP contribution in [-0.2, 0) is 0 Å². The quantitative estimate of drug-likeness (QED) is 0.872. The lowest BCUT2D eigenvalue weighted by molar-refractivity contribution is 0.0909. The fraction of sp³-hybridized carbons (Fsp3) is 0.417. The Morgan fingerprint density at radius 2 is 2.19 bits per heavy atom. The molecule has 3 nitrogen and oxygen atoms in total. The molecular formula is C12H15BrN2O. The molecule has 1 aromatic carbocycles. The summed E-state index contributed by atoms with van der Waals surface area (Å²) in [6.07, 6.45) is 1.78. The standard InChI is InChI=1S/C12H15BrN2O/c1-7-4-8(13)2-3-11(7)12(16)15-10-5-9(14)6-10/h2-4,9-10H,5-6,14H2,1H3,(H,15,16). The second kappa shape index (κ2) is 4.55. The first-order valence-electron chi connectivity index (χ1n) is 5.39. The molecule has 1 aliphatic rings. The van der Waals surface area contributed by atoms with Crippen LogP contribution in [0.5, 0.6) is 0 Å². The Labute approximate surface area is 104 Å². The zero-order valence-electron chi connectivity index (χ0n) is 9.16. The molecule has 0 bridgehead atoms. The number of halogens is 1. The molecule has 1 aromatic rings. The maximum absolute atomic E-state index is 11.9. The monoisotopic (exact) mass is 282 g/mol. The summed E-state index contributed by atoms with van der Waals surface area (Å²) in [5, 5.41) is 2.99. The lowest BCUT2D eigenvalue weighted by Gasteiger charge is -2.33. The summed E-state index contributed by atoms with van der Waals surface area (Å²) in [4.78, 5) is 11.9. The largest absolute Gasteiger partial charge is 0.349 e. The van der Waals surface area contributed by atoms with Crippen LogP contribution in [0.25, 0.3) is 0 Å². The van der Waals surface area contributed by atoms with Crippen LogP contribution >= 0.6 is 15.9 Å². The second-order valence-electron chi connectivity index (χ2n) is 4.36. The zero-order valence-corrected chi connectivity index (χ0v) is 10.8. The first kappa shape index (κ1) is 11.6. The molecule has 0 saturated heterocycles. The smallest absolute Gasteiger partial charge is 0.251 e. The second-order valence-corrected chi connectivity index (χ2v) is 5.28. The van der Waals surface area contributed by atoms with E-state index in [1.807, 2.05) is 25.1 Å². The van der Waals surface area contributed by atoms with E-state index in [0.717, 1.165) is 28.4 Å². The van der Waals surface area contributed by atoms with Crippen LogP contribution in [0, 0.1) is 6.92 Å². The Morgan fingerprint density at radius 1 is 1.50 bits per heavy atom. The number of amides is 1. The number of aryl methyl sites for hydroxylation is 1. The summed E-state index contributed by atoms with van der Waals surface area (Å²) in [7, 11) is 0. The van der Waals surface area contributed by atoms with Gasteiger partial charge in [-0.1, -0.05) is 15.9 Å². The van der Waals surface area contributed by atoms with Gasteiger partial charge in [-0.3, -0.25) is 4.79 Å². The van der Waals surface area contributed by atoms with Crippen molar-refractivity contribution in [2.45, 2.75) is 31.8 Å². The number of benzene rings is 1. The SMILES string of the molecule is Cc1cc(Br)ccc1C(=O)NC1CC(N)C1. The molecule has 2 rings (SSSR count). The number of hydrogen-bond donors (Lipinski definition) is 2. The minimum absolute atomic E-state index is 0.00176. The van der Waals surface area contributed by atoms with Crippen LogP contribution in [-0.4, -0.2) is 18.0 Å². The van der Waals surface area contributed by atoms with E-state index >= 15 is 0 Å². The summed E-state index contributed by atoms with van der Waals surface area (Å²) >= 11 is 3.38. The summed E-state index contributed by atoms with van der Waals surface area (Å²) in [6, 6.07) is 6.19. The molecule has 16 heavy (non-hydrogen) atoms. The number of hydrogen-bond acceptors (Lipinski definition) is 2. The average molecular weight is 283 g/mol. The van der Waals surface area contributed by atoms with Gasteiger partial charge in [0, 0.05) is 22.1 Å². The van der Waals surface area contributed by atoms with E-state index in [1.54, 1.807) is 0 Å². The van der Waals surface area contributed by atoms with Gasteiger partial charge < -0.3 is 11.1 Å². The highest BCUT2D eigenvalue weighted by Gasteiger charge is 2.27. The summed E-state index contributed by atoms with van der Waals surface area (Å²) in [5.41, 5.74) is 7.40. The van der Waals surface area contributed by atoms with Crippen molar-refractivity contribution in [3.8, 4) is 0 Å². The van der Waals surface area contributed by atoms with Crippen LogP contribution < -0.4 is 11.1 Å². The first-order valence-corrected chi connectivity index (χ1v) is 6.18. The van der Waals surface area contributed by atoms with Gasteiger partial charge >= 0.3 is 0 Å². The van der Waals surface area contributed by atoms with Crippen LogP contribution in [0.4, 0.5) is 0 Å². The Hall–Kier alpha value is -0.870. The van der Waals surface area contributed by atoms with Crippen molar-refractivity contribution >= 4 is 21.8 Å². The van der Waals surface area contributed by atoms with Gasteiger partial charge in [-0.05, 0) is 43.5 Å². The highest BCUT2D eigenvalue weighted by atomic mass is 79.9. The Morgan fingerprint density at radius 3 is 2.75 bits per heavy atom. The van der Waals surface area contributed by atoms with Crippen molar-refractivity contribution in [3.05, 3.63) is 33.8 Å². The third kappa shape index (κ3) is 2.44. The van der Waals surface area contributed by atoms with Crippen LogP contribution in [0.2, 0.25) is 0 Å². The van der Waals surface area contributed by atoms with Gasteiger partial charge in [0.05, 0.1) is 0 Å². The summed E-state index contributed by atoms with van der Waals surface area (Å²) in [5.74, 6) is 0.00176. The lowest BCUT2D eigenvalue weighted by atomic mass is 9.87. The topological polar surface area (TPSA) is 55.1 Å². The predicted molar refractivity (Wildman–Crippen MR) is 67.3 cm³/mol. The normalized spacial score (nSPS) is 23.7. The van der Waals surface area contributed by atoms with E-state index in [0.29, 0.717) is 0 Å². The highest BCUT2D eigenvalue weighted by molar-refractivity contribution is 9.10. The van der Waals surface area contributed by atoms with E-state index in [1.165, 1.54) is 0 Å². The third-order valence-electron chi connectivity index (χ3n) is 2.94. The Bertz CT molecular complexity index is 413. The molecule has 0 aromatic heterocycles. The maximum atomic E-state index is 11.9. The minimum atomic E-state index is 0.00176. The van der Waals surface area contributed by atoms with Crippen molar-refractivity contribution in [3.63, 3.8) is 0 Å². The van der Waals surface area contributed by atoms with Gasteiger partial charge in [0.2, 0.25) is 0 Å². The molecule has 4 heteroatoms. The van der Waals surface area contributed by atoms with Crippen molar-refractivity contribution < 1.29 is 4.79 Å². The van der Waals surface area contributed by atoms with Gasteiger partial charge in [-0.2, -0.15) is 0 Å².